The Kier molecular flexibility index (Phi) is 2.19. The molecule has 2 aromatic heterocycles. The van der Waals surface area contributed by atoms with Crippen LogP contribution in [0.2, 0.25) is 0 Å². The molecule has 0 N–H and O–H groups in total. The van der Waals surface area contributed by atoms with Gasteiger partial charge in [0.2, 0.25) is 5.75 Å². The summed E-state index contributed by atoms with van der Waals surface area (Å²) in [6.45, 7) is 0. The highest BCUT2D eigenvalue weighted by Gasteiger charge is 2.13. The van der Waals surface area contributed by atoms with Crippen LogP contribution in [-0.4, -0.2) is 5.55 Å². The van der Waals surface area contributed by atoms with Crippen LogP contribution in [0.4, 0.5) is 0 Å². The highest BCUT2D eigenvalue weighted by atomic mass is 32.1. The van der Waals surface area contributed by atoms with E-state index in [9.17, 15) is 4.79 Å². The van der Waals surface area contributed by atoms with Crippen molar-refractivity contribution < 1.29 is 13.6 Å². The Morgan fingerprint density at radius 2 is 2.00 bits per heavy atom. The molecular weight excluding hydrogens is 240 g/mol. The third-order valence-electron chi connectivity index (χ3n) is 2.45. The van der Waals surface area contributed by atoms with Gasteiger partial charge in [0.05, 0.1) is 6.26 Å². The Balaban J connectivity index is 2.54. The summed E-state index contributed by atoms with van der Waals surface area (Å²) >= 11 is 4.66. The maximum Gasteiger partial charge on any atom is 0.336 e. The molecule has 0 aliphatic rings. The van der Waals surface area contributed by atoms with Crippen LogP contribution in [0.25, 0.3) is 21.9 Å². The highest BCUT2D eigenvalue weighted by Crippen LogP contribution is 2.34. The van der Waals surface area contributed by atoms with Crippen LogP contribution in [0, 0.1) is 0 Å². The van der Waals surface area contributed by atoms with Crippen molar-refractivity contribution >= 4 is 39.7 Å². The average molecular weight is 246 g/mol. The monoisotopic (exact) mass is 246 g/mol. The lowest BCUT2D eigenvalue weighted by molar-refractivity contribution is 0.513. The molecule has 0 atom stereocenters. The predicted octanol–water partition coefficient (Wildman–Crippen LogP) is 2.88. The maximum atomic E-state index is 11.2. The third kappa shape index (κ3) is 1.52. The lowest BCUT2D eigenvalue weighted by Crippen LogP contribution is -1.97. The molecule has 0 amide bonds. The van der Waals surface area contributed by atoms with Crippen LogP contribution in [-0.2, 0) is 0 Å². The second-order valence-electron chi connectivity index (χ2n) is 3.43. The van der Waals surface area contributed by atoms with E-state index in [4.69, 9.17) is 13.6 Å². The summed E-state index contributed by atoms with van der Waals surface area (Å²) in [4.78, 5) is 11.2. The van der Waals surface area contributed by atoms with Crippen LogP contribution in [0.1, 0.15) is 0 Å². The number of hydrogen-bond donors (Lipinski definition) is 0. The van der Waals surface area contributed by atoms with Crippen molar-refractivity contribution in [1.29, 1.82) is 0 Å². The number of benzene rings is 1. The highest BCUT2D eigenvalue weighted by molar-refractivity contribution is 7.78. The van der Waals surface area contributed by atoms with Crippen LogP contribution in [0.15, 0.2) is 44.2 Å². The molecule has 0 radical (unpaired) electrons. The molecule has 0 saturated carbocycles. The zero-order chi connectivity index (χ0) is 11.8. The fraction of sp³-hybridized carbons (Fsp3) is 0. The standard InChI is InChI=1S/C12H6O4S/c13-9-2-1-7-5-8-3-4-14-10(8)12(15-6-17)11(7)16-9/h1-6H. The fourth-order valence-electron chi connectivity index (χ4n) is 1.76. The second-order valence-corrected chi connectivity index (χ2v) is 3.62. The summed E-state index contributed by atoms with van der Waals surface area (Å²) < 4.78 is 15.6. The SMILES string of the molecule is O=c1ccc2cc3ccoc3c(OC=S)c2o1. The van der Waals surface area contributed by atoms with Gasteiger partial charge in [-0.2, -0.15) is 0 Å². The van der Waals surface area contributed by atoms with Crippen LogP contribution >= 0.6 is 12.2 Å². The van der Waals surface area contributed by atoms with Crippen molar-refractivity contribution in [3.63, 3.8) is 0 Å². The van der Waals surface area contributed by atoms with Gasteiger partial charge < -0.3 is 13.6 Å². The number of fused-ring (bicyclic) bond motifs is 2. The maximum absolute atomic E-state index is 11.2. The molecule has 3 rings (SSSR count). The first kappa shape index (κ1) is 10.0. The molecule has 17 heavy (non-hydrogen) atoms. The van der Waals surface area contributed by atoms with Crippen LogP contribution in [0.5, 0.6) is 5.75 Å². The number of thiocarbonyl (C=S) groups is 1. The molecule has 0 unspecified atom stereocenters. The number of hydrogen-bond acceptors (Lipinski definition) is 5. The van der Waals surface area contributed by atoms with Gasteiger partial charge in [0.1, 0.15) is 0 Å². The number of rotatable bonds is 2. The Labute approximate surface area is 100 Å². The summed E-state index contributed by atoms with van der Waals surface area (Å²) in [6, 6.07) is 6.68. The summed E-state index contributed by atoms with van der Waals surface area (Å²) in [5, 5.41) is 1.61. The van der Waals surface area contributed by atoms with Gasteiger partial charge in [-0.1, -0.05) is 0 Å². The summed E-state index contributed by atoms with van der Waals surface area (Å²) in [7, 11) is 0. The largest absolute Gasteiger partial charge is 0.460 e. The zero-order valence-corrected chi connectivity index (χ0v) is 9.32. The van der Waals surface area contributed by atoms with Crippen molar-refractivity contribution in [3.8, 4) is 5.75 Å². The van der Waals surface area contributed by atoms with Gasteiger partial charge in [0.25, 0.3) is 0 Å². The second kappa shape index (κ2) is 3.71. The molecule has 3 aromatic rings. The van der Waals surface area contributed by atoms with Crippen LogP contribution in [0.3, 0.4) is 0 Å². The molecule has 2 heterocycles. The van der Waals surface area contributed by atoms with Gasteiger partial charge >= 0.3 is 5.63 Å². The topological polar surface area (TPSA) is 52.6 Å². The minimum absolute atomic E-state index is 0.329. The van der Waals surface area contributed by atoms with Gasteiger partial charge in [-0.3, -0.25) is 0 Å². The first-order chi connectivity index (χ1) is 8.29. The average Bonchev–Trinajstić information content (AvgIpc) is 2.77. The van der Waals surface area contributed by atoms with E-state index >= 15 is 0 Å². The number of furan rings is 1. The van der Waals surface area contributed by atoms with Crippen molar-refractivity contribution in [2.24, 2.45) is 0 Å². The van der Waals surface area contributed by atoms with Gasteiger partial charge in [-0.15, -0.1) is 0 Å². The lowest BCUT2D eigenvalue weighted by Gasteiger charge is -2.03. The van der Waals surface area contributed by atoms with E-state index < -0.39 is 5.63 Å². The van der Waals surface area contributed by atoms with E-state index in [1.54, 1.807) is 12.1 Å². The minimum atomic E-state index is -0.447. The Morgan fingerprint density at radius 3 is 2.82 bits per heavy atom. The quantitative estimate of drug-likeness (QED) is 0.514. The Hall–Kier alpha value is -2.14. The zero-order valence-electron chi connectivity index (χ0n) is 8.51. The van der Waals surface area contributed by atoms with Gasteiger partial charge in [-0.25, -0.2) is 4.79 Å². The molecular formula is C12H6O4S. The van der Waals surface area contributed by atoms with Crippen molar-refractivity contribution in [3.05, 3.63) is 40.9 Å². The first-order valence-electron chi connectivity index (χ1n) is 4.84. The fourth-order valence-corrected chi connectivity index (χ4v) is 1.86. The van der Waals surface area contributed by atoms with Crippen LogP contribution < -0.4 is 10.4 Å². The first-order valence-corrected chi connectivity index (χ1v) is 5.31. The normalized spacial score (nSPS) is 10.8. The van der Waals surface area contributed by atoms with Gasteiger partial charge in [-0.05, 0) is 30.4 Å². The van der Waals surface area contributed by atoms with E-state index in [0.717, 1.165) is 16.3 Å². The van der Waals surface area contributed by atoms with Crippen molar-refractivity contribution in [2.75, 3.05) is 0 Å². The molecule has 0 aliphatic carbocycles. The summed E-state index contributed by atoms with van der Waals surface area (Å²) in [6.07, 6.45) is 1.54. The molecule has 0 saturated heterocycles. The molecule has 4 nitrogen and oxygen atoms in total. The van der Waals surface area contributed by atoms with E-state index in [1.165, 1.54) is 12.3 Å². The minimum Gasteiger partial charge on any atom is -0.460 e. The molecule has 0 bridgehead atoms. The van der Waals surface area contributed by atoms with E-state index in [0.29, 0.717) is 16.9 Å². The molecule has 0 fully saturated rings. The van der Waals surface area contributed by atoms with E-state index in [2.05, 4.69) is 12.2 Å². The van der Waals surface area contributed by atoms with E-state index in [-0.39, 0.29) is 0 Å². The molecule has 1 aromatic carbocycles. The number of ether oxygens (including phenoxy) is 1. The lowest BCUT2D eigenvalue weighted by atomic mass is 10.1. The third-order valence-corrected chi connectivity index (χ3v) is 2.55. The Bertz CT molecular complexity index is 769. The van der Waals surface area contributed by atoms with Crippen molar-refractivity contribution in [2.45, 2.75) is 0 Å². The van der Waals surface area contributed by atoms with Crippen molar-refractivity contribution in [1.82, 2.24) is 0 Å². The summed E-state index contributed by atoms with van der Waals surface area (Å²) in [5.41, 5.74) is 1.50. The molecule has 5 heteroatoms. The molecule has 0 aliphatic heterocycles. The smallest absolute Gasteiger partial charge is 0.336 e. The van der Waals surface area contributed by atoms with Gasteiger partial charge in [0.15, 0.2) is 16.7 Å². The van der Waals surface area contributed by atoms with E-state index in [1.807, 2.05) is 6.07 Å². The molecule has 84 valence electrons. The Morgan fingerprint density at radius 1 is 1.18 bits per heavy atom. The summed E-state index contributed by atoms with van der Waals surface area (Å²) in [5.74, 6) is 0.329. The predicted molar refractivity (Wildman–Crippen MR) is 66.5 cm³/mol. The molecule has 0 spiro atoms. The van der Waals surface area contributed by atoms with Gasteiger partial charge in [0, 0.05) is 16.8 Å².